The summed E-state index contributed by atoms with van der Waals surface area (Å²) in [6.07, 6.45) is 0.762. The van der Waals surface area contributed by atoms with E-state index in [1.54, 1.807) is 25.1 Å². The molecule has 0 unspecified atom stereocenters. The van der Waals surface area contributed by atoms with E-state index in [9.17, 15) is 18.0 Å². The van der Waals surface area contributed by atoms with E-state index in [0.717, 1.165) is 16.3 Å². The molecule has 1 N–H and O–H groups in total. The monoisotopic (exact) mass is 489 g/mol. The molecule has 184 valence electrons. The molecular weight excluding hydrogens is 458 g/mol. The van der Waals surface area contributed by atoms with Gasteiger partial charge < -0.3 is 19.7 Å². The number of benzene rings is 2. The average Bonchev–Trinajstić information content (AvgIpc) is 3.32. The van der Waals surface area contributed by atoms with Crippen LogP contribution < -0.4 is 19.1 Å². The fourth-order valence-electron chi connectivity index (χ4n) is 3.52. The lowest BCUT2D eigenvalue weighted by Gasteiger charge is -2.32. The quantitative estimate of drug-likeness (QED) is 0.520. The summed E-state index contributed by atoms with van der Waals surface area (Å²) in [5.74, 6) is -0.0534. The van der Waals surface area contributed by atoms with Crippen molar-refractivity contribution in [3.05, 3.63) is 54.1 Å². The van der Waals surface area contributed by atoms with Gasteiger partial charge in [-0.15, -0.1) is 0 Å². The number of fused-ring (bicyclic) bond motifs is 1. The first kappa shape index (κ1) is 25.4. The Hall–Kier alpha value is -3.27. The van der Waals surface area contributed by atoms with Crippen molar-refractivity contribution in [2.24, 2.45) is 0 Å². The fraction of sp³-hybridized carbons (Fsp3) is 0.417. The Morgan fingerprint density at radius 3 is 2.44 bits per heavy atom. The summed E-state index contributed by atoms with van der Waals surface area (Å²) in [7, 11) is -3.80. The molecule has 2 amide bonds. The maximum absolute atomic E-state index is 13.5. The molecule has 9 nitrogen and oxygen atoms in total. The smallest absolute Gasteiger partial charge is 0.244 e. The van der Waals surface area contributed by atoms with E-state index in [1.165, 1.54) is 11.8 Å². The summed E-state index contributed by atoms with van der Waals surface area (Å²) < 4.78 is 37.7. The normalized spacial score (nSPS) is 13.3. The predicted octanol–water partition coefficient (Wildman–Crippen LogP) is 2.51. The number of carbonyl (C=O) groups is 2. The molecule has 0 radical (unpaired) electrons. The first-order valence-electron chi connectivity index (χ1n) is 11.3. The van der Waals surface area contributed by atoms with Gasteiger partial charge in [-0.05, 0) is 38.0 Å². The first-order valence-corrected chi connectivity index (χ1v) is 12.9. The molecule has 0 saturated carbocycles. The van der Waals surface area contributed by atoms with E-state index < -0.39 is 28.5 Å². The lowest BCUT2D eigenvalue weighted by atomic mass is 10.1. The summed E-state index contributed by atoms with van der Waals surface area (Å²) in [4.78, 5) is 27.6. The van der Waals surface area contributed by atoms with Gasteiger partial charge in [0.15, 0.2) is 11.5 Å². The van der Waals surface area contributed by atoms with Crippen LogP contribution in [-0.2, 0) is 26.2 Å². The number of anilines is 1. The average molecular weight is 490 g/mol. The maximum Gasteiger partial charge on any atom is 0.244 e. The number of sulfonamides is 1. The Balaban J connectivity index is 1.91. The maximum atomic E-state index is 13.5. The third-order valence-electron chi connectivity index (χ3n) is 5.54. The van der Waals surface area contributed by atoms with Crippen LogP contribution in [0.1, 0.15) is 32.8 Å². The van der Waals surface area contributed by atoms with E-state index >= 15 is 0 Å². The Morgan fingerprint density at radius 2 is 1.76 bits per heavy atom. The van der Waals surface area contributed by atoms with Crippen molar-refractivity contribution >= 4 is 27.5 Å². The highest BCUT2D eigenvalue weighted by Crippen LogP contribution is 2.36. The van der Waals surface area contributed by atoms with Crippen molar-refractivity contribution < 1.29 is 27.5 Å². The molecule has 0 fully saturated rings. The molecule has 34 heavy (non-hydrogen) atoms. The number of rotatable bonds is 11. The summed E-state index contributed by atoms with van der Waals surface area (Å²) in [6.45, 7) is 5.36. The number of hydrogen-bond acceptors (Lipinski definition) is 6. The molecule has 0 aliphatic carbocycles. The van der Waals surface area contributed by atoms with Crippen molar-refractivity contribution in [1.29, 1.82) is 0 Å². The summed E-state index contributed by atoms with van der Waals surface area (Å²) in [5.41, 5.74) is 1.13. The van der Waals surface area contributed by atoms with Crippen molar-refractivity contribution in [3.8, 4) is 11.5 Å². The second-order valence-corrected chi connectivity index (χ2v) is 10.1. The molecule has 10 heteroatoms. The van der Waals surface area contributed by atoms with Gasteiger partial charge in [-0.1, -0.05) is 37.3 Å². The Morgan fingerprint density at radius 1 is 1.06 bits per heavy atom. The van der Waals surface area contributed by atoms with Crippen LogP contribution in [0.3, 0.4) is 0 Å². The minimum absolute atomic E-state index is 0.0491. The second kappa shape index (κ2) is 11.2. The number of amides is 2. The van der Waals surface area contributed by atoms with Crippen LogP contribution >= 0.6 is 0 Å². The molecule has 1 atom stereocenters. The SMILES string of the molecule is CCCNC(=O)[C@@H](C)N(Cc1ccccc1)C(=O)CN(c1ccc2c(c1)OCO2)S(=O)(=O)CC. The van der Waals surface area contributed by atoms with Gasteiger partial charge >= 0.3 is 0 Å². The van der Waals surface area contributed by atoms with Crippen LogP contribution in [0.25, 0.3) is 0 Å². The standard InChI is InChI=1S/C24H31N3O6S/c1-4-13-25-24(29)18(3)26(15-19-9-7-6-8-10-19)23(28)16-27(34(30,31)5-2)20-11-12-21-22(14-20)33-17-32-21/h6-12,14,18H,4-5,13,15-17H2,1-3H3,(H,25,29)/t18-/m1/s1. The molecule has 1 aliphatic rings. The number of carbonyl (C=O) groups excluding carboxylic acids is 2. The van der Waals surface area contributed by atoms with Gasteiger partial charge in [-0.25, -0.2) is 8.42 Å². The molecule has 0 saturated heterocycles. The van der Waals surface area contributed by atoms with Crippen LogP contribution in [0.4, 0.5) is 5.69 Å². The van der Waals surface area contributed by atoms with E-state index in [-0.39, 0.29) is 25.0 Å². The highest BCUT2D eigenvalue weighted by molar-refractivity contribution is 7.92. The Labute approximate surface area is 200 Å². The lowest BCUT2D eigenvalue weighted by Crippen LogP contribution is -2.51. The zero-order valence-electron chi connectivity index (χ0n) is 19.7. The Kier molecular flexibility index (Phi) is 8.38. The molecule has 2 aromatic carbocycles. The number of nitrogens with zero attached hydrogens (tertiary/aromatic N) is 2. The summed E-state index contributed by atoms with van der Waals surface area (Å²) in [5, 5.41) is 2.81. The number of hydrogen-bond donors (Lipinski definition) is 1. The molecule has 0 aromatic heterocycles. The van der Waals surface area contributed by atoms with Crippen molar-refractivity contribution in [1.82, 2.24) is 10.2 Å². The zero-order valence-corrected chi connectivity index (χ0v) is 20.5. The van der Waals surface area contributed by atoms with Crippen LogP contribution in [0, 0.1) is 0 Å². The Bertz CT molecular complexity index is 1110. The van der Waals surface area contributed by atoms with Gasteiger partial charge in [0.25, 0.3) is 0 Å². The van der Waals surface area contributed by atoms with Gasteiger partial charge in [0.1, 0.15) is 12.6 Å². The molecule has 2 aromatic rings. The highest BCUT2D eigenvalue weighted by atomic mass is 32.2. The van der Waals surface area contributed by atoms with E-state index in [2.05, 4.69) is 5.32 Å². The van der Waals surface area contributed by atoms with E-state index in [4.69, 9.17) is 9.47 Å². The molecule has 0 spiro atoms. The largest absolute Gasteiger partial charge is 0.454 e. The van der Waals surface area contributed by atoms with Crippen molar-refractivity contribution in [2.75, 3.05) is 29.9 Å². The van der Waals surface area contributed by atoms with E-state index in [1.807, 2.05) is 37.3 Å². The number of nitrogens with one attached hydrogen (secondary N) is 1. The summed E-state index contributed by atoms with van der Waals surface area (Å²) in [6, 6.07) is 13.2. The zero-order chi connectivity index (χ0) is 24.7. The van der Waals surface area contributed by atoms with Gasteiger partial charge in [0, 0.05) is 19.2 Å². The number of ether oxygens (including phenoxy) is 2. The van der Waals surface area contributed by atoms with Gasteiger partial charge in [-0.2, -0.15) is 0 Å². The third kappa shape index (κ3) is 5.99. The van der Waals surface area contributed by atoms with Gasteiger partial charge in [-0.3, -0.25) is 13.9 Å². The van der Waals surface area contributed by atoms with Gasteiger partial charge in [0.2, 0.25) is 28.6 Å². The molecule has 3 rings (SSSR count). The molecule has 0 bridgehead atoms. The van der Waals surface area contributed by atoms with Crippen molar-refractivity contribution in [3.63, 3.8) is 0 Å². The molecule has 1 aliphatic heterocycles. The molecular formula is C24H31N3O6S. The minimum atomic E-state index is -3.80. The predicted molar refractivity (Wildman–Crippen MR) is 129 cm³/mol. The van der Waals surface area contributed by atoms with Crippen LogP contribution in [0.15, 0.2) is 48.5 Å². The fourth-order valence-corrected chi connectivity index (χ4v) is 4.57. The summed E-state index contributed by atoms with van der Waals surface area (Å²) >= 11 is 0. The third-order valence-corrected chi connectivity index (χ3v) is 7.28. The lowest BCUT2D eigenvalue weighted by molar-refractivity contribution is -0.139. The topological polar surface area (TPSA) is 105 Å². The van der Waals surface area contributed by atoms with Crippen molar-refractivity contribution in [2.45, 2.75) is 39.8 Å². The molecule has 1 heterocycles. The highest BCUT2D eigenvalue weighted by Gasteiger charge is 2.31. The van der Waals surface area contributed by atoms with Crippen LogP contribution in [0.5, 0.6) is 11.5 Å². The first-order chi connectivity index (χ1) is 16.3. The second-order valence-electron chi connectivity index (χ2n) is 7.92. The van der Waals surface area contributed by atoms with E-state index in [0.29, 0.717) is 23.7 Å². The minimum Gasteiger partial charge on any atom is -0.454 e. The van der Waals surface area contributed by atoms with Crippen LogP contribution in [-0.4, -0.2) is 56.8 Å². The van der Waals surface area contributed by atoms with Gasteiger partial charge in [0.05, 0.1) is 11.4 Å². The van der Waals surface area contributed by atoms with Crippen LogP contribution in [0.2, 0.25) is 0 Å².